The highest BCUT2D eigenvalue weighted by Gasteiger charge is 2.35. The standard InChI is InChI=1S/C21H30N2O2/c1-15(2)14-22-20(24)17-9-11-18(12-10-17)21(25)23-13-5-7-16-6-3-4-8-19(16)23/h9-12,15-16,19H,3-8,13-14H2,1-2H3,(H,22,24)/t16-,19-/m0/s1. The van der Waals surface area contributed by atoms with Crippen molar-refractivity contribution in [1.82, 2.24) is 10.2 Å². The number of likely N-dealkylation sites (tertiary alicyclic amines) is 1. The minimum Gasteiger partial charge on any atom is -0.352 e. The monoisotopic (exact) mass is 342 g/mol. The van der Waals surface area contributed by atoms with E-state index in [1.165, 1.54) is 25.7 Å². The second-order valence-corrected chi connectivity index (χ2v) is 7.93. The molecule has 1 N–H and O–H groups in total. The quantitative estimate of drug-likeness (QED) is 0.903. The summed E-state index contributed by atoms with van der Waals surface area (Å²) in [6, 6.07) is 7.57. The summed E-state index contributed by atoms with van der Waals surface area (Å²) in [5, 5.41) is 2.91. The lowest BCUT2D eigenvalue weighted by molar-refractivity contribution is 0.0390. The van der Waals surface area contributed by atoms with Gasteiger partial charge in [-0.1, -0.05) is 26.7 Å². The Morgan fingerprint density at radius 2 is 1.68 bits per heavy atom. The van der Waals surface area contributed by atoms with E-state index in [2.05, 4.69) is 24.1 Å². The number of carbonyl (C=O) groups is 2. The molecule has 2 aliphatic rings. The SMILES string of the molecule is CC(C)CNC(=O)c1ccc(C(=O)N2CCC[C@@H]3CCCC[C@@H]32)cc1. The van der Waals surface area contributed by atoms with Crippen molar-refractivity contribution in [2.45, 2.75) is 58.4 Å². The minimum absolute atomic E-state index is 0.0713. The van der Waals surface area contributed by atoms with Crippen molar-refractivity contribution < 1.29 is 9.59 Å². The van der Waals surface area contributed by atoms with Gasteiger partial charge in [0.1, 0.15) is 0 Å². The molecule has 2 amide bonds. The molecule has 3 rings (SSSR count). The third kappa shape index (κ3) is 4.23. The van der Waals surface area contributed by atoms with Crippen LogP contribution in [0.3, 0.4) is 0 Å². The predicted molar refractivity (Wildman–Crippen MR) is 99.6 cm³/mol. The van der Waals surface area contributed by atoms with Crippen LogP contribution in [0.1, 0.15) is 73.1 Å². The molecule has 0 bridgehead atoms. The van der Waals surface area contributed by atoms with Crippen LogP contribution in [0, 0.1) is 11.8 Å². The number of hydrogen-bond donors (Lipinski definition) is 1. The van der Waals surface area contributed by atoms with Crippen LogP contribution in [-0.2, 0) is 0 Å². The molecule has 1 aliphatic heterocycles. The second kappa shape index (κ2) is 8.03. The van der Waals surface area contributed by atoms with Crippen molar-refractivity contribution in [2.24, 2.45) is 11.8 Å². The van der Waals surface area contributed by atoms with E-state index >= 15 is 0 Å². The molecule has 0 aromatic heterocycles. The molecule has 4 nitrogen and oxygen atoms in total. The summed E-state index contributed by atoms with van der Waals surface area (Å²) in [6.45, 7) is 5.67. The van der Waals surface area contributed by atoms with E-state index in [0.717, 1.165) is 19.4 Å². The van der Waals surface area contributed by atoms with E-state index in [0.29, 0.717) is 35.5 Å². The number of nitrogens with one attached hydrogen (secondary N) is 1. The van der Waals surface area contributed by atoms with E-state index in [-0.39, 0.29) is 11.8 Å². The number of fused-ring (bicyclic) bond motifs is 1. The highest BCUT2D eigenvalue weighted by molar-refractivity contribution is 5.98. The number of nitrogens with zero attached hydrogens (tertiary/aromatic N) is 1. The van der Waals surface area contributed by atoms with Crippen LogP contribution in [0.4, 0.5) is 0 Å². The fraction of sp³-hybridized carbons (Fsp3) is 0.619. The fourth-order valence-corrected chi connectivity index (χ4v) is 4.21. The summed E-state index contributed by atoms with van der Waals surface area (Å²) in [6.07, 6.45) is 7.34. The Balaban J connectivity index is 1.67. The van der Waals surface area contributed by atoms with Gasteiger partial charge in [0.2, 0.25) is 0 Å². The number of carbonyl (C=O) groups excluding carboxylic acids is 2. The van der Waals surface area contributed by atoms with Crippen LogP contribution < -0.4 is 5.32 Å². The Labute approximate surface area is 151 Å². The lowest BCUT2D eigenvalue weighted by atomic mass is 9.78. The molecule has 0 spiro atoms. The van der Waals surface area contributed by atoms with Gasteiger partial charge in [0, 0.05) is 30.3 Å². The lowest BCUT2D eigenvalue weighted by Crippen LogP contribution is -2.49. The lowest BCUT2D eigenvalue weighted by Gasteiger charge is -2.44. The molecule has 2 fully saturated rings. The van der Waals surface area contributed by atoms with Crippen molar-refractivity contribution >= 4 is 11.8 Å². The maximum absolute atomic E-state index is 13.0. The summed E-state index contributed by atoms with van der Waals surface area (Å²) in [5.41, 5.74) is 1.32. The maximum Gasteiger partial charge on any atom is 0.254 e. The largest absolute Gasteiger partial charge is 0.352 e. The third-order valence-electron chi connectivity index (χ3n) is 5.57. The minimum atomic E-state index is -0.0713. The summed E-state index contributed by atoms with van der Waals surface area (Å²) in [7, 11) is 0. The molecule has 1 heterocycles. The first-order valence-corrected chi connectivity index (χ1v) is 9.75. The number of piperidine rings is 1. The molecule has 4 heteroatoms. The molecule has 1 aromatic rings. The second-order valence-electron chi connectivity index (χ2n) is 7.93. The van der Waals surface area contributed by atoms with Crippen molar-refractivity contribution in [3.8, 4) is 0 Å². The van der Waals surface area contributed by atoms with Crippen LogP contribution in [0.5, 0.6) is 0 Å². The molecular weight excluding hydrogens is 312 g/mol. The van der Waals surface area contributed by atoms with E-state index in [1.807, 2.05) is 0 Å². The zero-order valence-electron chi connectivity index (χ0n) is 15.5. The highest BCUT2D eigenvalue weighted by atomic mass is 16.2. The van der Waals surface area contributed by atoms with Gasteiger partial charge in [0.15, 0.2) is 0 Å². The van der Waals surface area contributed by atoms with Crippen molar-refractivity contribution in [2.75, 3.05) is 13.1 Å². The van der Waals surface area contributed by atoms with Crippen molar-refractivity contribution in [3.05, 3.63) is 35.4 Å². The number of hydrogen-bond acceptors (Lipinski definition) is 2. The van der Waals surface area contributed by atoms with Gasteiger partial charge in [-0.3, -0.25) is 9.59 Å². The topological polar surface area (TPSA) is 49.4 Å². The average molecular weight is 342 g/mol. The maximum atomic E-state index is 13.0. The zero-order valence-corrected chi connectivity index (χ0v) is 15.5. The van der Waals surface area contributed by atoms with Gasteiger partial charge in [-0.15, -0.1) is 0 Å². The Bertz CT molecular complexity index is 607. The number of rotatable bonds is 4. The van der Waals surface area contributed by atoms with E-state index in [9.17, 15) is 9.59 Å². The summed E-state index contributed by atoms with van der Waals surface area (Å²) in [5.74, 6) is 1.17. The molecule has 1 aliphatic carbocycles. The number of benzene rings is 1. The molecule has 1 aromatic carbocycles. The van der Waals surface area contributed by atoms with Crippen molar-refractivity contribution in [1.29, 1.82) is 0 Å². The first kappa shape index (κ1) is 18.0. The van der Waals surface area contributed by atoms with Crippen LogP contribution >= 0.6 is 0 Å². The number of amides is 2. The van der Waals surface area contributed by atoms with Crippen LogP contribution in [0.25, 0.3) is 0 Å². The van der Waals surface area contributed by atoms with Crippen LogP contribution in [-0.4, -0.2) is 35.8 Å². The Hall–Kier alpha value is -1.84. The molecule has 2 atom stereocenters. The van der Waals surface area contributed by atoms with Crippen LogP contribution in [0.2, 0.25) is 0 Å². The van der Waals surface area contributed by atoms with Crippen molar-refractivity contribution in [3.63, 3.8) is 0 Å². The summed E-state index contributed by atoms with van der Waals surface area (Å²) < 4.78 is 0. The first-order chi connectivity index (χ1) is 12.1. The molecule has 0 unspecified atom stereocenters. The van der Waals surface area contributed by atoms with Gasteiger partial charge < -0.3 is 10.2 Å². The molecule has 1 saturated carbocycles. The van der Waals surface area contributed by atoms with E-state index in [1.54, 1.807) is 24.3 Å². The van der Waals surface area contributed by atoms with Crippen LogP contribution in [0.15, 0.2) is 24.3 Å². The first-order valence-electron chi connectivity index (χ1n) is 9.75. The Kier molecular flexibility index (Phi) is 5.77. The zero-order chi connectivity index (χ0) is 17.8. The molecular formula is C21H30N2O2. The molecule has 136 valence electrons. The Morgan fingerprint density at radius 1 is 1.04 bits per heavy atom. The van der Waals surface area contributed by atoms with Gasteiger partial charge in [-0.25, -0.2) is 0 Å². The molecule has 1 saturated heterocycles. The smallest absolute Gasteiger partial charge is 0.254 e. The van der Waals surface area contributed by atoms with E-state index in [4.69, 9.17) is 0 Å². The van der Waals surface area contributed by atoms with Gasteiger partial charge >= 0.3 is 0 Å². The molecule has 25 heavy (non-hydrogen) atoms. The Morgan fingerprint density at radius 3 is 2.40 bits per heavy atom. The summed E-state index contributed by atoms with van der Waals surface area (Å²) in [4.78, 5) is 27.2. The average Bonchev–Trinajstić information content (AvgIpc) is 2.65. The fourth-order valence-electron chi connectivity index (χ4n) is 4.21. The highest BCUT2D eigenvalue weighted by Crippen LogP contribution is 2.35. The predicted octanol–water partition coefficient (Wildman–Crippen LogP) is 3.87. The third-order valence-corrected chi connectivity index (χ3v) is 5.57. The van der Waals surface area contributed by atoms with E-state index < -0.39 is 0 Å². The van der Waals surface area contributed by atoms with Gasteiger partial charge in [-0.05, 0) is 61.8 Å². The normalized spacial score (nSPS) is 23.2. The molecule has 0 radical (unpaired) electrons. The van der Waals surface area contributed by atoms with Gasteiger partial charge in [0.25, 0.3) is 11.8 Å². The summed E-state index contributed by atoms with van der Waals surface area (Å²) >= 11 is 0. The van der Waals surface area contributed by atoms with Gasteiger partial charge in [-0.2, -0.15) is 0 Å². The van der Waals surface area contributed by atoms with Gasteiger partial charge in [0.05, 0.1) is 0 Å².